The molecule has 432 valence electrons. The minimum Gasteiger partial charge on any atom is -0.455 e. The largest absolute Gasteiger partial charge is 0.455 e. The molecule has 0 saturated carbocycles. The summed E-state index contributed by atoms with van der Waals surface area (Å²) in [5.74, 6) is 0. The molecular weight excluding hydrogens is 1100 g/mol. The van der Waals surface area contributed by atoms with Gasteiger partial charge in [0.15, 0.2) is 5.58 Å². The van der Waals surface area contributed by atoms with Gasteiger partial charge in [-0.3, -0.25) is 0 Å². The molecule has 2 aromatic heterocycles. The van der Waals surface area contributed by atoms with E-state index in [1.807, 2.05) is 0 Å². The second kappa shape index (κ2) is 18.8. The van der Waals surface area contributed by atoms with Crippen molar-refractivity contribution in [1.82, 2.24) is 0 Å². The van der Waals surface area contributed by atoms with Crippen molar-refractivity contribution in [2.45, 2.75) is 57.8 Å². The van der Waals surface area contributed by atoms with Crippen LogP contribution in [0, 0.1) is 0 Å². The molecule has 1 atom stereocenters. The Kier molecular flexibility index (Phi) is 11.0. The van der Waals surface area contributed by atoms with Gasteiger partial charge >= 0.3 is 0 Å². The van der Waals surface area contributed by atoms with Crippen LogP contribution < -0.4 is 19.6 Å². The zero-order valence-corrected chi connectivity index (χ0v) is 51.4. The molecule has 0 saturated heterocycles. The maximum Gasteiger partial charge on any atom is 0.160 e. The van der Waals surface area contributed by atoms with Crippen LogP contribution in [-0.4, -0.2) is 7.05 Å². The summed E-state index contributed by atoms with van der Waals surface area (Å²) in [6, 6.07) is 97.1. The third-order valence-electron chi connectivity index (χ3n) is 19.8. The normalized spacial score (nSPS) is 14.8. The van der Waals surface area contributed by atoms with E-state index >= 15 is 0 Å². The number of furan rings is 2. The molecule has 2 aliphatic heterocycles. The number of fused-ring (bicyclic) bond motifs is 21. The van der Waals surface area contributed by atoms with E-state index in [9.17, 15) is 0 Å². The average Bonchev–Trinajstić information content (AvgIpc) is 1.45. The van der Waals surface area contributed by atoms with Gasteiger partial charge in [0.25, 0.3) is 0 Å². The predicted molar refractivity (Wildman–Crippen MR) is 376 cm³/mol. The summed E-state index contributed by atoms with van der Waals surface area (Å²) in [7, 11) is 2.23. The summed E-state index contributed by atoms with van der Waals surface area (Å²) in [5, 5.41) is 8.84. The first-order valence-corrected chi connectivity index (χ1v) is 31.5. The monoisotopic (exact) mass is 1160 g/mol. The first kappa shape index (κ1) is 52.3. The van der Waals surface area contributed by atoms with Crippen LogP contribution in [0.2, 0.25) is 0 Å². The van der Waals surface area contributed by atoms with E-state index in [2.05, 4.69) is 329 Å². The molecule has 15 aromatic rings. The van der Waals surface area contributed by atoms with Crippen molar-refractivity contribution in [2.75, 3.05) is 26.6 Å². The zero-order valence-electron chi connectivity index (χ0n) is 51.4. The van der Waals surface area contributed by atoms with Crippen molar-refractivity contribution in [2.24, 2.45) is 0 Å². The highest BCUT2D eigenvalue weighted by atomic mass is 16.3. The topological polar surface area (TPSA) is 39.2 Å². The molecule has 1 unspecified atom stereocenters. The lowest BCUT2D eigenvalue weighted by Gasteiger charge is -2.49. The van der Waals surface area contributed by atoms with E-state index in [1.54, 1.807) is 0 Å². The molecule has 0 radical (unpaired) electrons. The highest BCUT2D eigenvalue weighted by molar-refractivity contribution is 6.27. The molecule has 13 aromatic carbocycles. The summed E-state index contributed by atoms with van der Waals surface area (Å²) in [5.41, 5.74) is 23.3. The molecule has 6 nitrogen and oxygen atoms in total. The molecule has 3 aliphatic rings. The number of hydrogen-bond acceptors (Lipinski definition) is 6. The minimum atomic E-state index is -0.990. The Hall–Kier alpha value is -10.8. The van der Waals surface area contributed by atoms with Crippen LogP contribution in [0.15, 0.2) is 270 Å². The van der Waals surface area contributed by atoms with Crippen molar-refractivity contribution >= 4 is 128 Å². The van der Waals surface area contributed by atoms with Gasteiger partial charge < -0.3 is 28.4 Å². The minimum absolute atomic E-state index is 0.0566. The van der Waals surface area contributed by atoms with Gasteiger partial charge in [0.2, 0.25) is 0 Å². The number of para-hydroxylation sites is 6. The van der Waals surface area contributed by atoms with Gasteiger partial charge in [-0.15, -0.1) is 0 Å². The number of nitrogens with zero attached hydrogens (tertiary/aromatic N) is 4. The molecule has 0 bridgehead atoms. The summed E-state index contributed by atoms with van der Waals surface area (Å²) in [6.45, 7) is 13.7. The quantitative estimate of drug-likeness (QED) is 0.165. The summed E-state index contributed by atoms with van der Waals surface area (Å²) >= 11 is 0. The number of anilines is 11. The molecule has 0 fully saturated rings. The maximum absolute atomic E-state index is 7.75. The second-order valence-corrected chi connectivity index (χ2v) is 26.9. The standard InChI is InChI=1S/C84H64N4O2/c1-82(2,3)55-37-43-57(44-38-55)86(59-41-35-51-21-8-10-23-53(51)47-59)71-49-66-78(81-75(71)61-25-12-18-33-73(61)90-81)77-65(84(66)63-27-14-15-29-67(63)88-69-31-17-16-30-68(69)85(7)70-32-20-28-64(84)79(70)88)50-72(80-76(77)62-26-13-19-34-74(62)89-80)87(58-45-39-56(40-46-58)83(4,5)6)60-42-36-52-22-9-11-24-54(52)48-60/h8-50H,1-7H3. The SMILES string of the molecule is CN1c2ccccc2N2c3ccccc3C3(c4cccc1c42)c1cc(N(c2ccc(C(C)(C)C)cc2)c2ccc4ccccc4c2)c2c(oc4ccccc42)c1-c1c3cc(N(c2ccc(C(C)(C)C)cc2)c2ccc3ccccc3c2)c2oc3ccccc3c12. The van der Waals surface area contributed by atoms with Crippen LogP contribution in [0.4, 0.5) is 62.6 Å². The molecule has 4 heterocycles. The third-order valence-corrected chi connectivity index (χ3v) is 19.8. The highest BCUT2D eigenvalue weighted by Crippen LogP contribution is 2.70. The van der Waals surface area contributed by atoms with Gasteiger partial charge in [-0.05, 0) is 163 Å². The Balaban J connectivity index is 1.05. The van der Waals surface area contributed by atoms with Crippen molar-refractivity contribution in [3.8, 4) is 11.1 Å². The molecule has 0 N–H and O–H groups in total. The van der Waals surface area contributed by atoms with Crippen LogP contribution in [0.25, 0.3) is 76.5 Å². The van der Waals surface area contributed by atoms with Gasteiger partial charge in [-0.2, -0.15) is 0 Å². The smallest absolute Gasteiger partial charge is 0.160 e. The van der Waals surface area contributed by atoms with Gasteiger partial charge in [0, 0.05) is 57.1 Å². The van der Waals surface area contributed by atoms with E-state index in [4.69, 9.17) is 8.83 Å². The molecule has 1 spiro atoms. The van der Waals surface area contributed by atoms with Crippen LogP contribution in [-0.2, 0) is 16.2 Å². The van der Waals surface area contributed by atoms with Gasteiger partial charge in [-0.25, -0.2) is 0 Å². The van der Waals surface area contributed by atoms with E-state index in [-0.39, 0.29) is 10.8 Å². The van der Waals surface area contributed by atoms with Crippen molar-refractivity contribution in [3.63, 3.8) is 0 Å². The number of benzene rings is 13. The van der Waals surface area contributed by atoms with Crippen molar-refractivity contribution in [1.29, 1.82) is 0 Å². The number of hydrogen-bond donors (Lipinski definition) is 0. The van der Waals surface area contributed by atoms with E-state index < -0.39 is 5.41 Å². The van der Waals surface area contributed by atoms with Crippen LogP contribution in [0.1, 0.15) is 74.9 Å². The molecule has 18 rings (SSSR count). The van der Waals surface area contributed by atoms with Crippen molar-refractivity contribution in [3.05, 3.63) is 294 Å². The Morgan fingerprint density at radius 2 is 0.800 bits per heavy atom. The van der Waals surface area contributed by atoms with Gasteiger partial charge in [0.1, 0.15) is 16.7 Å². The van der Waals surface area contributed by atoms with Crippen molar-refractivity contribution < 1.29 is 8.83 Å². The highest BCUT2D eigenvalue weighted by Gasteiger charge is 2.56. The van der Waals surface area contributed by atoms with Gasteiger partial charge in [-0.1, -0.05) is 205 Å². The lowest BCUT2D eigenvalue weighted by atomic mass is 9.64. The first-order chi connectivity index (χ1) is 43.8. The van der Waals surface area contributed by atoms with E-state index in [0.29, 0.717) is 0 Å². The Morgan fingerprint density at radius 3 is 1.41 bits per heavy atom. The second-order valence-electron chi connectivity index (χ2n) is 26.9. The maximum atomic E-state index is 7.75. The fourth-order valence-corrected chi connectivity index (χ4v) is 15.5. The Bertz CT molecular complexity index is 5500. The van der Waals surface area contributed by atoms with Gasteiger partial charge in [0.05, 0.1) is 50.6 Å². The summed E-state index contributed by atoms with van der Waals surface area (Å²) in [4.78, 5) is 9.89. The number of rotatable bonds is 6. The summed E-state index contributed by atoms with van der Waals surface area (Å²) < 4.78 is 15.3. The zero-order chi connectivity index (χ0) is 60.5. The average molecular weight is 1160 g/mol. The third kappa shape index (κ3) is 7.33. The molecular formula is C84H64N4O2. The fourth-order valence-electron chi connectivity index (χ4n) is 15.5. The lowest BCUT2D eigenvalue weighted by molar-refractivity contribution is 0.590. The van der Waals surface area contributed by atoms with E-state index in [1.165, 1.54) is 33.0 Å². The van der Waals surface area contributed by atoms with E-state index in [0.717, 1.165) is 139 Å². The first-order valence-electron chi connectivity index (χ1n) is 31.5. The lowest BCUT2D eigenvalue weighted by Crippen LogP contribution is -2.38. The summed E-state index contributed by atoms with van der Waals surface area (Å²) in [6.07, 6.45) is 0. The Labute approximate surface area is 523 Å². The molecule has 6 heteroatoms. The molecule has 90 heavy (non-hydrogen) atoms. The van der Waals surface area contributed by atoms with Crippen LogP contribution in [0.5, 0.6) is 0 Å². The van der Waals surface area contributed by atoms with Crippen LogP contribution in [0.3, 0.4) is 0 Å². The predicted octanol–water partition coefficient (Wildman–Crippen LogP) is 23.6. The molecule has 0 amide bonds. The fraction of sp³-hybridized carbons (Fsp3) is 0.119. The van der Waals surface area contributed by atoms with Crippen LogP contribution >= 0.6 is 0 Å². The Morgan fingerprint density at radius 1 is 0.344 bits per heavy atom. The molecule has 1 aliphatic carbocycles.